The first-order valence-corrected chi connectivity index (χ1v) is 5.97. The minimum atomic E-state index is -0.599. The van der Waals surface area contributed by atoms with Crippen molar-refractivity contribution in [3.63, 3.8) is 0 Å². The molecule has 1 rings (SSSR count). The molecule has 0 aromatic heterocycles. The molecule has 0 bridgehead atoms. The number of nitrogens with two attached hydrogens (primary N) is 1. The Balaban J connectivity index is 3.25. The van der Waals surface area contributed by atoms with Gasteiger partial charge in [0.05, 0.1) is 23.7 Å². The molecule has 0 aliphatic heterocycles. The lowest BCUT2D eigenvalue weighted by Gasteiger charge is -2.17. The maximum absolute atomic E-state index is 12.1. The summed E-state index contributed by atoms with van der Waals surface area (Å²) >= 11 is 11.8. The molecular formula is C12H15Cl2NO2. The van der Waals surface area contributed by atoms with Crippen LogP contribution in [-0.2, 0) is 0 Å². The molecule has 0 aliphatic rings. The average Bonchev–Trinajstić information content (AvgIpc) is 2.25. The van der Waals surface area contributed by atoms with Gasteiger partial charge in [-0.05, 0) is 18.1 Å². The van der Waals surface area contributed by atoms with E-state index in [2.05, 4.69) is 0 Å². The average molecular weight is 276 g/mol. The Morgan fingerprint density at radius 2 is 1.94 bits per heavy atom. The number of hydrogen-bond donors (Lipinski definition) is 1. The molecule has 0 heterocycles. The number of ketones is 1. The second kappa shape index (κ2) is 5.71. The Labute approximate surface area is 111 Å². The van der Waals surface area contributed by atoms with Gasteiger partial charge in [0.1, 0.15) is 5.75 Å². The first kappa shape index (κ1) is 14.3. The van der Waals surface area contributed by atoms with Crippen molar-refractivity contribution in [3.8, 4) is 5.75 Å². The number of ether oxygens (including phenoxy) is 1. The van der Waals surface area contributed by atoms with Gasteiger partial charge in [0.25, 0.3) is 0 Å². The van der Waals surface area contributed by atoms with Crippen LogP contribution >= 0.6 is 23.2 Å². The van der Waals surface area contributed by atoms with E-state index < -0.39 is 6.04 Å². The van der Waals surface area contributed by atoms with Crippen molar-refractivity contribution in [2.45, 2.75) is 19.9 Å². The van der Waals surface area contributed by atoms with Crippen molar-refractivity contribution < 1.29 is 9.53 Å². The molecule has 5 heteroatoms. The van der Waals surface area contributed by atoms with Crippen LogP contribution in [0.25, 0.3) is 0 Å². The summed E-state index contributed by atoms with van der Waals surface area (Å²) in [7, 11) is 1.45. The highest BCUT2D eigenvalue weighted by Gasteiger charge is 2.24. The minimum Gasteiger partial charge on any atom is -0.494 e. The van der Waals surface area contributed by atoms with Gasteiger partial charge >= 0.3 is 0 Å². The lowest BCUT2D eigenvalue weighted by atomic mass is 9.95. The Hall–Kier alpha value is -0.770. The largest absolute Gasteiger partial charge is 0.494 e. The highest BCUT2D eigenvalue weighted by Crippen LogP contribution is 2.33. The first-order valence-electron chi connectivity index (χ1n) is 5.21. The maximum Gasteiger partial charge on any atom is 0.183 e. The quantitative estimate of drug-likeness (QED) is 0.859. The molecule has 0 spiro atoms. The third-order valence-corrected chi connectivity index (χ3v) is 3.00. The van der Waals surface area contributed by atoms with Gasteiger partial charge in [-0.25, -0.2) is 0 Å². The van der Waals surface area contributed by atoms with Gasteiger partial charge in [0.15, 0.2) is 5.78 Å². The van der Waals surface area contributed by atoms with Gasteiger partial charge in [-0.3, -0.25) is 4.79 Å². The molecule has 0 saturated carbocycles. The molecule has 1 atom stereocenters. The van der Waals surface area contributed by atoms with E-state index in [1.54, 1.807) is 0 Å². The van der Waals surface area contributed by atoms with Crippen molar-refractivity contribution in [2.24, 2.45) is 11.7 Å². The van der Waals surface area contributed by atoms with Crippen LogP contribution in [0.3, 0.4) is 0 Å². The Morgan fingerprint density at radius 1 is 1.35 bits per heavy atom. The summed E-state index contributed by atoms with van der Waals surface area (Å²) in [4.78, 5) is 12.1. The zero-order chi connectivity index (χ0) is 13.2. The predicted octanol–water partition coefficient (Wildman–Crippen LogP) is 3.17. The molecule has 0 amide bonds. The molecule has 0 radical (unpaired) electrons. The van der Waals surface area contributed by atoms with Gasteiger partial charge < -0.3 is 10.5 Å². The lowest BCUT2D eigenvalue weighted by molar-refractivity contribution is 0.0937. The molecule has 2 N–H and O–H groups in total. The summed E-state index contributed by atoms with van der Waals surface area (Å²) in [5.41, 5.74) is 6.15. The van der Waals surface area contributed by atoms with Crippen molar-refractivity contribution in [1.29, 1.82) is 0 Å². The number of Topliss-reactive ketones (excluding diaryl/α,β-unsaturated/α-hetero) is 1. The standard InChI is InChI=1S/C12H15Cl2NO2/c1-6(2)10(15)11(16)8-4-7(13)5-9(14)12(8)17-3/h4-6,10H,15H2,1-3H3. The molecule has 1 aromatic carbocycles. The smallest absolute Gasteiger partial charge is 0.183 e. The van der Waals surface area contributed by atoms with Gasteiger partial charge in [0, 0.05) is 5.02 Å². The topological polar surface area (TPSA) is 52.3 Å². The summed E-state index contributed by atoms with van der Waals surface area (Å²) in [5, 5.41) is 0.689. The Morgan fingerprint density at radius 3 is 2.41 bits per heavy atom. The fourth-order valence-corrected chi connectivity index (χ4v) is 2.00. The number of benzene rings is 1. The monoisotopic (exact) mass is 275 g/mol. The molecule has 3 nitrogen and oxygen atoms in total. The minimum absolute atomic E-state index is 0.0324. The van der Waals surface area contributed by atoms with E-state index in [0.717, 1.165) is 0 Å². The van der Waals surface area contributed by atoms with Crippen LogP contribution in [0.15, 0.2) is 12.1 Å². The van der Waals surface area contributed by atoms with Crippen LogP contribution in [0.1, 0.15) is 24.2 Å². The van der Waals surface area contributed by atoms with Crippen molar-refractivity contribution in [3.05, 3.63) is 27.7 Å². The Kier molecular flexibility index (Phi) is 4.80. The van der Waals surface area contributed by atoms with Crippen molar-refractivity contribution in [1.82, 2.24) is 0 Å². The van der Waals surface area contributed by atoms with Crippen LogP contribution in [-0.4, -0.2) is 18.9 Å². The van der Waals surface area contributed by atoms with E-state index in [4.69, 9.17) is 33.7 Å². The third kappa shape index (κ3) is 3.12. The highest BCUT2D eigenvalue weighted by molar-refractivity contribution is 6.36. The van der Waals surface area contributed by atoms with E-state index in [9.17, 15) is 4.79 Å². The van der Waals surface area contributed by atoms with Gasteiger partial charge in [-0.2, -0.15) is 0 Å². The second-order valence-corrected chi connectivity index (χ2v) is 4.95. The van der Waals surface area contributed by atoms with Gasteiger partial charge in [-0.15, -0.1) is 0 Å². The summed E-state index contributed by atoms with van der Waals surface area (Å²) in [6, 6.07) is 2.45. The van der Waals surface area contributed by atoms with Crippen LogP contribution < -0.4 is 10.5 Å². The van der Waals surface area contributed by atoms with Gasteiger partial charge in [0.2, 0.25) is 0 Å². The van der Waals surface area contributed by atoms with Gasteiger partial charge in [-0.1, -0.05) is 37.0 Å². The number of hydrogen-bond acceptors (Lipinski definition) is 3. The number of rotatable bonds is 4. The summed E-state index contributed by atoms with van der Waals surface area (Å²) < 4.78 is 5.12. The van der Waals surface area contributed by atoms with Crippen LogP contribution in [0.2, 0.25) is 10.0 Å². The fraction of sp³-hybridized carbons (Fsp3) is 0.417. The molecule has 94 valence electrons. The molecule has 0 saturated heterocycles. The molecular weight excluding hydrogens is 261 g/mol. The molecule has 1 unspecified atom stereocenters. The molecule has 1 aromatic rings. The van der Waals surface area contributed by atoms with Crippen molar-refractivity contribution >= 4 is 29.0 Å². The van der Waals surface area contributed by atoms with Crippen LogP contribution in [0, 0.1) is 5.92 Å². The lowest BCUT2D eigenvalue weighted by Crippen LogP contribution is -2.35. The summed E-state index contributed by atoms with van der Waals surface area (Å²) in [6.07, 6.45) is 0. The highest BCUT2D eigenvalue weighted by atomic mass is 35.5. The SMILES string of the molecule is COc1c(Cl)cc(Cl)cc1C(=O)C(N)C(C)C. The second-order valence-electron chi connectivity index (χ2n) is 4.10. The predicted molar refractivity (Wildman–Crippen MR) is 70.2 cm³/mol. The van der Waals surface area contributed by atoms with E-state index >= 15 is 0 Å². The number of halogens is 2. The molecule has 0 aliphatic carbocycles. The molecule has 0 fully saturated rings. The number of carbonyl (C=O) groups excluding carboxylic acids is 1. The molecule has 17 heavy (non-hydrogen) atoms. The maximum atomic E-state index is 12.1. The van der Waals surface area contributed by atoms with Crippen LogP contribution in [0.4, 0.5) is 0 Å². The third-order valence-electron chi connectivity index (χ3n) is 2.50. The fourth-order valence-electron chi connectivity index (χ4n) is 1.43. The number of carbonyl (C=O) groups is 1. The van der Waals surface area contributed by atoms with E-state index in [1.807, 2.05) is 13.8 Å². The first-order chi connectivity index (χ1) is 7.88. The zero-order valence-corrected chi connectivity index (χ0v) is 11.5. The van der Waals surface area contributed by atoms with Crippen LogP contribution in [0.5, 0.6) is 5.75 Å². The van der Waals surface area contributed by atoms with E-state index in [1.165, 1.54) is 19.2 Å². The zero-order valence-electron chi connectivity index (χ0n) is 9.96. The normalized spacial score (nSPS) is 12.6. The summed E-state index contributed by atoms with van der Waals surface area (Å²) in [5.74, 6) is 0.128. The van der Waals surface area contributed by atoms with E-state index in [0.29, 0.717) is 21.4 Å². The van der Waals surface area contributed by atoms with E-state index in [-0.39, 0.29) is 11.7 Å². The number of methoxy groups -OCH3 is 1. The Bertz CT molecular complexity index is 433. The summed E-state index contributed by atoms with van der Waals surface area (Å²) in [6.45, 7) is 3.75. The van der Waals surface area contributed by atoms with Crippen molar-refractivity contribution in [2.75, 3.05) is 7.11 Å².